The zero-order valence-electron chi connectivity index (χ0n) is 17.8. The number of aromatic nitrogens is 4. The highest BCUT2D eigenvalue weighted by molar-refractivity contribution is 7.91. The molecule has 0 atom stereocenters. The van der Waals surface area contributed by atoms with Gasteiger partial charge in [0.1, 0.15) is 5.69 Å². The van der Waals surface area contributed by atoms with Crippen LogP contribution in [0.2, 0.25) is 0 Å². The monoisotopic (exact) mass is 433 g/mol. The Balaban J connectivity index is 2.01. The van der Waals surface area contributed by atoms with Gasteiger partial charge in [-0.1, -0.05) is 48.0 Å². The number of hydrogen-bond donors (Lipinski definition) is 0. The van der Waals surface area contributed by atoms with Gasteiger partial charge in [0.15, 0.2) is 5.65 Å². The molecule has 4 aromatic rings. The van der Waals surface area contributed by atoms with Crippen molar-refractivity contribution in [2.75, 3.05) is 14.1 Å². The number of sulfone groups is 1. The van der Waals surface area contributed by atoms with Crippen LogP contribution in [0.4, 0.5) is 0 Å². The summed E-state index contributed by atoms with van der Waals surface area (Å²) in [7, 11) is -0.176. The minimum Gasteiger partial charge on any atom is -0.383 e. The molecule has 7 nitrogen and oxygen atoms in total. The topological polar surface area (TPSA) is 80.5 Å². The first-order valence-corrected chi connectivity index (χ1v) is 11.2. The third-order valence-electron chi connectivity index (χ3n) is 4.90. The van der Waals surface area contributed by atoms with Gasteiger partial charge in [0.25, 0.3) is 0 Å². The molecule has 31 heavy (non-hydrogen) atoms. The summed E-state index contributed by atoms with van der Waals surface area (Å²) in [5.41, 5.74) is 4.34. The van der Waals surface area contributed by atoms with Crippen molar-refractivity contribution in [3.05, 3.63) is 77.7 Å². The zero-order chi connectivity index (χ0) is 22.2. The normalized spacial score (nSPS) is 12.0. The molecule has 0 aliphatic rings. The molecule has 158 valence electrons. The van der Waals surface area contributed by atoms with Crippen LogP contribution in [-0.4, -0.2) is 47.2 Å². The van der Waals surface area contributed by atoms with Gasteiger partial charge >= 0.3 is 0 Å². The zero-order valence-corrected chi connectivity index (χ0v) is 18.6. The summed E-state index contributed by atoms with van der Waals surface area (Å²) >= 11 is 0. The maximum absolute atomic E-state index is 13.4. The lowest BCUT2D eigenvalue weighted by atomic mass is 10.1. The van der Waals surface area contributed by atoms with Crippen LogP contribution >= 0.6 is 0 Å². The molecule has 0 radical (unpaired) electrons. The highest BCUT2D eigenvalue weighted by atomic mass is 32.2. The summed E-state index contributed by atoms with van der Waals surface area (Å²) in [5.74, 6) is 0. The molecule has 0 amide bonds. The molecule has 0 saturated heterocycles. The molecule has 4 rings (SSSR count). The molecule has 8 heteroatoms. The fourth-order valence-electron chi connectivity index (χ4n) is 3.33. The highest BCUT2D eigenvalue weighted by Crippen LogP contribution is 2.30. The Bertz CT molecular complexity index is 1370. The minimum atomic E-state index is -3.90. The van der Waals surface area contributed by atoms with Gasteiger partial charge in [0.05, 0.1) is 16.2 Å². The predicted octanol–water partition coefficient (Wildman–Crippen LogP) is 3.77. The first-order chi connectivity index (χ1) is 14.8. The number of nitrogens with zero attached hydrogens (tertiary/aromatic N) is 5. The fourth-order valence-corrected chi connectivity index (χ4v) is 4.63. The second-order valence-corrected chi connectivity index (χ2v) is 9.41. The van der Waals surface area contributed by atoms with Gasteiger partial charge in [-0.3, -0.25) is 0 Å². The largest absolute Gasteiger partial charge is 0.383 e. The fraction of sp³-hybridized carbons (Fsp3) is 0.174. The van der Waals surface area contributed by atoms with E-state index in [4.69, 9.17) is 0 Å². The van der Waals surface area contributed by atoms with Crippen molar-refractivity contribution in [2.24, 2.45) is 0 Å². The van der Waals surface area contributed by atoms with Crippen LogP contribution in [0.25, 0.3) is 22.9 Å². The predicted molar refractivity (Wildman–Crippen MR) is 120 cm³/mol. The number of benzene rings is 2. The summed E-state index contributed by atoms with van der Waals surface area (Å²) in [6.45, 7) is 3.79. The van der Waals surface area contributed by atoms with Crippen molar-refractivity contribution >= 4 is 21.6 Å². The maximum Gasteiger partial charge on any atom is 0.227 e. The molecular formula is C23H23N5O2S. The van der Waals surface area contributed by atoms with E-state index >= 15 is 0 Å². The van der Waals surface area contributed by atoms with E-state index in [2.05, 4.69) is 15.3 Å². The van der Waals surface area contributed by atoms with Crippen LogP contribution in [0.5, 0.6) is 0 Å². The molecule has 2 aromatic heterocycles. The molecule has 0 bridgehead atoms. The van der Waals surface area contributed by atoms with Gasteiger partial charge in [-0.15, -0.1) is 10.2 Å². The quantitative estimate of drug-likeness (QED) is 0.477. The Labute approximate surface area is 181 Å². The molecule has 0 unspecified atom stereocenters. The van der Waals surface area contributed by atoms with Crippen LogP contribution < -0.4 is 0 Å². The van der Waals surface area contributed by atoms with Crippen LogP contribution in [0.3, 0.4) is 0 Å². The van der Waals surface area contributed by atoms with Crippen LogP contribution in [0.1, 0.15) is 17.0 Å². The summed E-state index contributed by atoms with van der Waals surface area (Å²) in [4.78, 5) is 1.99. The Kier molecular flexibility index (Phi) is 5.32. The second-order valence-electron chi connectivity index (χ2n) is 7.55. The summed E-state index contributed by atoms with van der Waals surface area (Å²) in [5, 5.41) is 13.0. The third kappa shape index (κ3) is 3.82. The van der Waals surface area contributed by atoms with Gasteiger partial charge in [0, 0.05) is 20.3 Å². The van der Waals surface area contributed by atoms with E-state index in [-0.39, 0.29) is 9.92 Å². The minimum absolute atomic E-state index is 0.135. The molecule has 0 N–H and O–H groups in total. The Morgan fingerprint density at radius 3 is 2.26 bits per heavy atom. The van der Waals surface area contributed by atoms with E-state index in [1.165, 1.54) is 0 Å². The number of fused-ring (bicyclic) bond motifs is 1. The molecule has 0 saturated carbocycles. The second kappa shape index (κ2) is 7.96. The van der Waals surface area contributed by atoms with E-state index in [1.54, 1.807) is 41.1 Å². The van der Waals surface area contributed by atoms with Crippen molar-refractivity contribution in [2.45, 2.75) is 23.8 Å². The van der Waals surface area contributed by atoms with Crippen molar-refractivity contribution < 1.29 is 8.42 Å². The highest BCUT2D eigenvalue weighted by Gasteiger charge is 2.27. The van der Waals surface area contributed by atoms with Gasteiger partial charge in [-0.05, 0) is 37.6 Å². The smallest absolute Gasteiger partial charge is 0.227 e. The standard InChI is InChI=1S/C23H23N5O2S/c1-16-10-12-19(13-11-16)31(29,30)23-20(14-15-27(3)4)28-22(24-25-23)21(17(2)26-28)18-8-6-5-7-9-18/h5-15H,1-4H3. The van der Waals surface area contributed by atoms with Gasteiger partial charge < -0.3 is 4.90 Å². The van der Waals surface area contributed by atoms with Gasteiger partial charge in [-0.2, -0.15) is 5.10 Å². The Hall–Kier alpha value is -3.52. The lowest BCUT2D eigenvalue weighted by Gasteiger charge is -2.10. The molecule has 0 spiro atoms. The Morgan fingerprint density at radius 1 is 0.935 bits per heavy atom. The average Bonchev–Trinajstić information content (AvgIpc) is 3.08. The van der Waals surface area contributed by atoms with Crippen LogP contribution in [-0.2, 0) is 9.84 Å². The lowest BCUT2D eigenvalue weighted by molar-refractivity contribution is 0.566. The van der Waals surface area contributed by atoms with E-state index < -0.39 is 9.84 Å². The van der Waals surface area contributed by atoms with Crippen molar-refractivity contribution in [3.63, 3.8) is 0 Å². The molecule has 0 aliphatic heterocycles. The van der Waals surface area contributed by atoms with E-state index in [1.807, 2.05) is 63.2 Å². The third-order valence-corrected chi connectivity index (χ3v) is 6.59. The summed E-state index contributed by atoms with van der Waals surface area (Å²) < 4.78 is 28.4. The van der Waals surface area contributed by atoms with Crippen molar-refractivity contribution in [1.82, 2.24) is 24.7 Å². The first-order valence-electron chi connectivity index (χ1n) is 9.77. The maximum atomic E-state index is 13.4. The molecule has 2 heterocycles. The SMILES string of the molecule is Cc1ccc(S(=O)(=O)c2nnc3c(-c4ccccc4)c(C)nn3c2C=CN(C)C)cc1. The number of aryl methyl sites for hydroxylation is 2. The van der Waals surface area contributed by atoms with Crippen molar-refractivity contribution in [1.29, 1.82) is 0 Å². The van der Waals surface area contributed by atoms with Crippen LogP contribution in [0, 0.1) is 13.8 Å². The first kappa shape index (κ1) is 20.7. The van der Waals surface area contributed by atoms with Gasteiger partial charge in [0.2, 0.25) is 14.9 Å². The number of rotatable bonds is 5. The molecule has 0 aliphatic carbocycles. The van der Waals surface area contributed by atoms with E-state index in [9.17, 15) is 8.42 Å². The number of hydrogen-bond acceptors (Lipinski definition) is 6. The van der Waals surface area contributed by atoms with Gasteiger partial charge in [-0.25, -0.2) is 12.9 Å². The van der Waals surface area contributed by atoms with E-state index in [0.717, 1.165) is 22.4 Å². The molecule has 2 aromatic carbocycles. The average molecular weight is 434 g/mol. The van der Waals surface area contributed by atoms with Crippen LogP contribution in [0.15, 0.2) is 70.7 Å². The Morgan fingerprint density at radius 2 is 1.61 bits per heavy atom. The summed E-state index contributed by atoms with van der Waals surface area (Å²) in [6, 6.07) is 16.5. The lowest BCUT2D eigenvalue weighted by Crippen LogP contribution is -2.13. The summed E-state index contributed by atoms with van der Waals surface area (Å²) in [6.07, 6.45) is 3.47. The molecular weight excluding hydrogens is 410 g/mol. The van der Waals surface area contributed by atoms with Crippen molar-refractivity contribution in [3.8, 4) is 11.1 Å². The molecule has 0 fully saturated rings. The van der Waals surface area contributed by atoms with E-state index in [0.29, 0.717) is 11.3 Å².